The molecule has 15 nitrogen and oxygen atoms in total. The number of hydrogen-bond acceptors (Lipinski definition) is 13. The monoisotopic (exact) mass is 595 g/mol. The van der Waals surface area contributed by atoms with Gasteiger partial charge in [-0.3, -0.25) is 14.5 Å². The van der Waals surface area contributed by atoms with Crippen LogP contribution in [0.5, 0.6) is 0 Å². The number of nitrogens with one attached hydrogen (secondary N) is 1. The van der Waals surface area contributed by atoms with Gasteiger partial charge < -0.3 is 31.8 Å². The lowest BCUT2D eigenvalue weighted by Gasteiger charge is -2.49. The average Bonchev–Trinajstić information content (AvgIpc) is 3.32. The summed E-state index contributed by atoms with van der Waals surface area (Å²) in [4.78, 5) is 63.8. The number of carboxylic acid groups (broad SMARTS) is 2. The number of carboxylic acids is 2. The molecule has 4 heterocycles. The van der Waals surface area contributed by atoms with Gasteiger partial charge in [0.1, 0.15) is 29.4 Å². The van der Waals surface area contributed by atoms with Crippen LogP contribution in [0, 0.1) is 0 Å². The lowest BCUT2D eigenvalue weighted by molar-refractivity contribution is -0.726. The number of carbonyl (C=O) groups excluding carboxylic acids is 2. The van der Waals surface area contributed by atoms with E-state index < -0.39 is 35.2 Å². The van der Waals surface area contributed by atoms with Gasteiger partial charge in [-0.05, 0) is 29.2 Å². The third kappa shape index (κ3) is 6.07. The zero-order chi connectivity index (χ0) is 28.3. The maximum Gasteiger partial charge on any atom is 0.362 e. The van der Waals surface area contributed by atoms with Crippen molar-refractivity contribution in [1.29, 1.82) is 0 Å². The first kappa shape index (κ1) is 28.1. The molecule has 2 amide bonds. The molecular formula is C21H23N8O7S3+. The van der Waals surface area contributed by atoms with Crippen molar-refractivity contribution in [1.82, 2.24) is 20.2 Å². The number of fused-ring (bicyclic) bond motifs is 1. The number of carbonyl (C=O) groups is 4. The molecule has 39 heavy (non-hydrogen) atoms. The summed E-state index contributed by atoms with van der Waals surface area (Å²) in [6, 6.07) is 0.457. The van der Waals surface area contributed by atoms with Crippen molar-refractivity contribution in [3.8, 4) is 0 Å². The fraction of sp³-hybridized carbons (Fsp3) is 0.333. The van der Waals surface area contributed by atoms with E-state index in [-0.39, 0.29) is 57.9 Å². The molecule has 18 heteroatoms. The highest BCUT2D eigenvalue weighted by Crippen LogP contribution is 2.41. The summed E-state index contributed by atoms with van der Waals surface area (Å²) in [6.45, 7) is 1.52. The molecule has 2 aliphatic rings. The second-order valence-corrected chi connectivity index (χ2v) is 10.9. The largest absolute Gasteiger partial charge is 0.478 e. The molecule has 0 spiro atoms. The molecule has 2 aromatic rings. The van der Waals surface area contributed by atoms with E-state index in [1.54, 1.807) is 6.92 Å². The third-order valence-electron chi connectivity index (χ3n) is 5.38. The van der Waals surface area contributed by atoms with Crippen LogP contribution in [-0.4, -0.2) is 84.1 Å². The van der Waals surface area contributed by atoms with Gasteiger partial charge in [0.2, 0.25) is 5.82 Å². The summed E-state index contributed by atoms with van der Waals surface area (Å²) in [7, 11) is 0. The Labute approximate surface area is 233 Å². The van der Waals surface area contributed by atoms with Crippen molar-refractivity contribution in [3.63, 3.8) is 0 Å². The highest BCUT2D eigenvalue weighted by Gasteiger charge is 2.54. The van der Waals surface area contributed by atoms with Crippen molar-refractivity contribution in [2.75, 3.05) is 29.6 Å². The minimum atomic E-state index is -1.30. The number of aromatic nitrogens is 3. The number of amides is 2. The van der Waals surface area contributed by atoms with Crippen molar-refractivity contribution in [3.05, 3.63) is 34.6 Å². The molecule has 7 N–H and O–H groups in total. The topological polar surface area (TPSA) is 227 Å². The SMILES string of the molecule is CCO/N=C(\C(=O)NC1C(=O)N2C(C(=O)O)=C(CSc3nc(N)cc[n+]3CC(=O)O)CS[C@H]12)c1csc(N)n1. The molecule has 0 radical (unpaired) electrons. The van der Waals surface area contributed by atoms with Crippen LogP contribution in [0.4, 0.5) is 10.9 Å². The van der Waals surface area contributed by atoms with Crippen LogP contribution >= 0.6 is 34.9 Å². The Bertz CT molecular complexity index is 1400. The van der Waals surface area contributed by atoms with E-state index in [2.05, 4.69) is 20.4 Å². The van der Waals surface area contributed by atoms with Gasteiger partial charge in [0, 0.05) is 23.0 Å². The number of anilines is 2. The number of oxime groups is 1. The second kappa shape index (κ2) is 11.9. The lowest BCUT2D eigenvalue weighted by atomic mass is 10.0. The number of β-lactam (4-membered cyclic amide) rings is 1. The van der Waals surface area contributed by atoms with Crippen molar-refractivity contribution >= 4 is 75.3 Å². The average molecular weight is 596 g/mol. The van der Waals surface area contributed by atoms with Crippen LogP contribution < -0.4 is 21.4 Å². The van der Waals surface area contributed by atoms with Crippen molar-refractivity contribution in [2.24, 2.45) is 5.16 Å². The molecular weight excluding hydrogens is 572 g/mol. The van der Waals surface area contributed by atoms with E-state index in [9.17, 15) is 24.3 Å². The van der Waals surface area contributed by atoms with Crippen molar-refractivity contribution in [2.45, 2.75) is 30.0 Å². The summed E-state index contributed by atoms with van der Waals surface area (Å²) in [5, 5.41) is 26.9. The first-order valence-corrected chi connectivity index (χ1v) is 14.1. The predicted molar refractivity (Wildman–Crippen MR) is 142 cm³/mol. The number of hydrogen-bond donors (Lipinski definition) is 5. The first-order valence-electron chi connectivity index (χ1n) is 11.2. The van der Waals surface area contributed by atoms with Gasteiger partial charge >= 0.3 is 17.1 Å². The van der Waals surface area contributed by atoms with Crippen LogP contribution in [0.1, 0.15) is 12.6 Å². The molecule has 1 fully saturated rings. The van der Waals surface area contributed by atoms with Crippen molar-refractivity contribution < 1.29 is 38.8 Å². The number of rotatable bonds is 11. The van der Waals surface area contributed by atoms with Crippen LogP contribution in [0.3, 0.4) is 0 Å². The molecule has 206 valence electrons. The van der Waals surface area contributed by atoms with Gasteiger partial charge in [0.15, 0.2) is 17.4 Å². The Morgan fingerprint density at radius 3 is 2.74 bits per heavy atom. The van der Waals surface area contributed by atoms with E-state index in [0.29, 0.717) is 5.57 Å². The summed E-state index contributed by atoms with van der Waals surface area (Å²) in [5.41, 5.74) is 11.7. The molecule has 0 aliphatic carbocycles. The molecule has 1 saturated heterocycles. The molecule has 4 rings (SSSR count). The van der Waals surface area contributed by atoms with Crippen LogP contribution in [0.25, 0.3) is 0 Å². The quantitative estimate of drug-likeness (QED) is 0.0544. The van der Waals surface area contributed by atoms with E-state index in [0.717, 1.165) is 28.0 Å². The van der Waals surface area contributed by atoms with Gasteiger partial charge in [0.05, 0.1) is 6.20 Å². The Hall–Kier alpha value is -3.90. The minimum absolute atomic E-state index is 0.120. The van der Waals surface area contributed by atoms with Crippen LogP contribution in [0.2, 0.25) is 0 Å². The summed E-state index contributed by atoms with van der Waals surface area (Å²) >= 11 is 3.49. The van der Waals surface area contributed by atoms with Gasteiger partial charge in [-0.2, -0.15) is 0 Å². The molecule has 2 aromatic heterocycles. The Balaban J connectivity index is 1.51. The molecule has 2 atom stereocenters. The summed E-state index contributed by atoms with van der Waals surface area (Å²) < 4.78 is 1.38. The van der Waals surface area contributed by atoms with Gasteiger partial charge in [-0.1, -0.05) is 5.16 Å². The van der Waals surface area contributed by atoms with E-state index in [4.69, 9.17) is 21.4 Å². The highest BCUT2D eigenvalue weighted by atomic mass is 32.2. The van der Waals surface area contributed by atoms with E-state index >= 15 is 0 Å². The second-order valence-electron chi connectivity index (χ2n) is 7.99. The number of thiazole rings is 1. The first-order chi connectivity index (χ1) is 18.6. The zero-order valence-electron chi connectivity index (χ0n) is 20.3. The Morgan fingerprint density at radius 2 is 2.10 bits per heavy atom. The number of aliphatic carboxylic acids is 2. The smallest absolute Gasteiger partial charge is 0.362 e. The number of nitrogens with two attached hydrogens (primary N) is 2. The minimum Gasteiger partial charge on any atom is -0.478 e. The third-order valence-corrected chi connectivity index (χ3v) is 8.47. The number of thioether (sulfide) groups is 2. The molecule has 1 unspecified atom stereocenters. The van der Waals surface area contributed by atoms with Gasteiger partial charge in [-0.25, -0.2) is 19.1 Å². The molecule has 2 aliphatic heterocycles. The Kier molecular flexibility index (Phi) is 8.56. The van der Waals surface area contributed by atoms with Crippen LogP contribution in [0.15, 0.2) is 39.2 Å². The summed E-state index contributed by atoms with van der Waals surface area (Å²) in [6.07, 6.45) is 1.48. The highest BCUT2D eigenvalue weighted by molar-refractivity contribution is 8.01. The van der Waals surface area contributed by atoms with Gasteiger partial charge in [0.25, 0.3) is 11.8 Å². The van der Waals surface area contributed by atoms with E-state index in [1.165, 1.54) is 34.0 Å². The van der Waals surface area contributed by atoms with Gasteiger partial charge in [-0.15, -0.1) is 23.1 Å². The van der Waals surface area contributed by atoms with Crippen LogP contribution in [-0.2, 0) is 30.6 Å². The maximum atomic E-state index is 13.1. The summed E-state index contributed by atoms with van der Waals surface area (Å²) in [5.74, 6) is -3.16. The molecule has 0 saturated carbocycles. The fourth-order valence-electron chi connectivity index (χ4n) is 3.71. The number of nitrogen functional groups attached to an aromatic ring is 2. The zero-order valence-corrected chi connectivity index (χ0v) is 22.7. The predicted octanol–water partition coefficient (Wildman–Crippen LogP) is -0.654. The number of nitrogens with zero attached hydrogens (tertiary/aromatic N) is 5. The fourth-order valence-corrected chi connectivity index (χ4v) is 6.74. The molecule has 0 bridgehead atoms. The maximum absolute atomic E-state index is 13.1. The Morgan fingerprint density at radius 1 is 1.33 bits per heavy atom. The molecule has 0 aromatic carbocycles. The normalized spacial score (nSPS) is 18.8. The standard InChI is InChI=1S/C21H22N8O7S3/c1-2-36-27-13(10-8-38-20(23)24-10)16(32)26-14-17(33)29-15(19(34)35)9(6-37-18(14)29)7-39-21-25-11(22)3-4-28(21)5-12(30)31/h3-4,8,14,18,22H,2,5-7H2,1H3,(H5,23,24,26,30,31,32,34,35)/p+1/b27-13-/t14?,18-/m1/s1. The lowest BCUT2D eigenvalue weighted by Crippen LogP contribution is -2.71. The van der Waals surface area contributed by atoms with E-state index in [1.807, 2.05) is 0 Å².